The number of hydrogen-bond acceptors (Lipinski definition) is 3. The standard InChI is InChI=1S/C12H23N3/c1-2-7-14(6-1)12-9-15(10-12)11-4-3-5-13-8-11/h11-13H,1-10H2. The molecule has 3 heteroatoms. The third-order valence-corrected chi connectivity index (χ3v) is 4.33. The van der Waals surface area contributed by atoms with Gasteiger partial charge in [0, 0.05) is 31.7 Å². The first-order valence-electron chi connectivity index (χ1n) is 6.62. The average Bonchev–Trinajstić information content (AvgIpc) is 2.70. The summed E-state index contributed by atoms with van der Waals surface area (Å²) in [5.74, 6) is 0. The molecule has 0 bridgehead atoms. The van der Waals surface area contributed by atoms with E-state index in [0.717, 1.165) is 12.1 Å². The predicted octanol–water partition coefficient (Wildman–Crippen LogP) is 0.518. The fourth-order valence-corrected chi connectivity index (χ4v) is 3.27. The lowest BCUT2D eigenvalue weighted by atomic mass is 9.99. The molecule has 0 aromatic carbocycles. The van der Waals surface area contributed by atoms with Gasteiger partial charge in [0.1, 0.15) is 0 Å². The van der Waals surface area contributed by atoms with Crippen LogP contribution in [0.4, 0.5) is 0 Å². The quantitative estimate of drug-likeness (QED) is 0.715. The maximum Gasteiger partial charge on any atom is 0.0350 e. The molecule has 3 nitrogen and oxygen atoms in total. The van der Waals surface area contributed by atoms with Gasteiger partial charge in [0.25, 0.3) is 0 Å². The third kappa shape index (κ3) is 2.05. The van der Waals surface area contributed by atoms with Gasteiger partial charge in [-0.05, 0) is 45.3 Å². The monoisotopic (exact) mass is 209 g/mol. The van der Waals surface area contributed by atoms with Crippen molar-refractivity contribution < 1.29 is 0 Å². The van der Waals surface area contributed by atoms with E-state index in [4.69, 9.17) is 0 Å². The molecule has 0 radical (unpaired) electrons. The fraction of sp³-hybridized carbons (Fsp3) is 1.00. The Morgan fingerprint density at radius 2 is 1.67 bits per heavy atom. The molecule has 3 aliphatic rings. The van der Waals surface area contributed by atoms with E-state index < -0.39 is 0 Å². The molecule has 3 fully saturated rings. The summed E-state index contributed by atoms with van der Waals surface area (Å²) in [5, 5.41) is 3.51. The van der Waals surface area contributed by atoms with Crippen LogP contribution >= 0.6 is 0 Å². The maximum atomic E-state index is 3.51. The maximum absolute atomic E-state index is 3.51. The van der Waals surface area contributed by atoms with Crippen LogP contribution in [-0.2, 0) is 0 Å². The first kappa shape index (κ1) is 10.1. The molecule has 0 saturated carbocycles. The van der Waals surface area contributed by atoms with Gasteiger partial charge in [-0.3, -0.25) is 9.80 Å². The van der Waals surface area contributed by atoms with Crippen molar-refractivity contribution in [2.24, 2.45) is 0 Å². The predicted molar refractivity (Wildman–Crippen MR) is 62.1 cm³/mol. The van der Waals surface area contributed by atoms with Gasteiger partial charge in [-0.15, -0.1) is 0 Å². The fourth-order valence-electron chi connectivity index (χ4n) is 3.27. The molecule has 3 aliphatic heterocycles. The van der Waals surface area contributed by atoms with Crippen molar-refractivity contribution >= 4 is 0 Å². The SMILES string of the molecule is C1CNCC(N2CC(N3CCCC3)C2)C1. The van der Waals surface area contributed by atoms with Crippen molar-refractivity contribution in [3.8, 4) is 0 Å². The van der Waals surface area contributed by atoms with Crippen LogP contribution in [0, 0.1) is 0 Å². The van der Waals surface area contributed by atoms with E-state index in [-0.39, 0.29) is 0 Å². The van der Waals surface area contributed by atoms with E-state index >= 15 is 0 Å². The van der Waals surface area contributed by atoms with Crippen LogP contribution in [0.15, 0.2) is 0 Å². The lowest BCUT2D eigenvalue weighted by Crippen LogP contribution is -2.63. The van der Waals surface area contributed by atoms with E-state index in [9.17, 15) is 0 Å². The Bertz CT molecular complexity index is 201. The van der Waals surface area contributed by atoms with Crippen molar-refractivity contribution in [3.05, 3.63) is 0 Å². The van der Waals surface area contributed by atoms with Gasteiger partial charge >= 0.3 is 0 Å². The highest BCUT2D eigenvalue weighted by Crippen LogP contribution is 2.23. The number of rotatable bonds is 2. The van der Waals surface area contributed by atoms with Crippen LogP contribution in [-0.4, -0.2) is 61.2 Å². The van der Waals surface area contributed by atoms with E-state index in [1.54, 1.807) is 0 Å². The Morgan fingerprint density at radius 3 is 2.33 bits per heavy atom. The number of piperidine rings is 1. The molecule has 1 N–H and O–H groups in total. The van der Waals surface area contributed by atoms with Crippen LogP contribution in [0.3, 0.4) is 0 Å². The Labute approximate surface area is 92.8 Å². The lowest BCUT2D eigenvalue weighted by Gasteiger charge is -2.49. The number of hydrogen-bond donors (Lipinski definition) is 1. The minimum atomic E-state index is 0.845. The summed E-state index contributed by atoms with van der Waals surface area (Å²) in [6, 6.07) is 1.74. The highest BCUT2D eigenvalue weighted by atomic mass is 15.3. The van der Waals surface area contributed by atoms with Gasteiger partial charge in [0.15, 0.2) is 0 Å². The summed E-state index contributed by atoms with van der Waals surface area (Å²) < 4.78 is 0. The summed E-state index contributed by atoms with van der Waals surface area (Å²) in [5.41, 5.74) is 0. The molecule has 86 valence electrons. The first-order valence-corrected chi connectivity index (χ1v) is 6.62. The molecule has 1 atom stereocenters. The molecule has 0 aromatic rings. The largest absolute Gasteiger partial charge is 0.315 e. The molecule has 0 spiro atoms. The topological polar surface area (TPSA) is 18.5 Å². The molecule has 3 rings (SSSR count). The van der Waals surface area contributed by atoms with Gasteiger partial charge in [-0.2, -0.15) is 0 Å². The Morgan fingerprint density at radius 1 is 0.867 bits per heavy atom. The first-order chi connectivity index (χ1) is 7.43. The zero-order valence-corrected chi connectivity index (χ0v) is 9.62. The minimum absolute atomic E-state index is 0.845. The van der Waals surface area contributed by atoms with Crippen molar-refractivity contribution in [2.45, 2.75) is 37.8 Å². The van der Waals surface area contributed by atoms with E-state index in [0.29, 0.717) is 0 Å². The molecule has 1 unspecified atom stereocenters. The summed E-state index contributed by atoms with van der Waals surface area (Å²) in [6.45, 7) is 7.87. The van der Waals surface area contributed by atoms with Crippen LogP contribution in [0.2, 0.25) is 0 Å². The van der Waals surface area contributed by atoms with Gasteiger partial charge < -0.3 is 5.32 Å². The van der Waals surface area contributed by atoms with Gasteiger partial charge in [0.05, 0.1) is 0 Å². The number of nitrogens with zero attached hydrogens (tertiary/aromatic N) is 2. The molecule has 15 heavy (non-hydrogen) atoms. The van der Waals surface area contributed by atoms with Crippen molar-refractivity contribution in [3.63, 3.8) is 0 Å². The summed E-state index contributed by atoms with van der Waals surface area (Å²) in [6.07, 6.45) is 5.65. The smallest absolute Gasteiger partial charge is 0.0350 e. The van der Waals surface area contributed by atoms with Crippen LogP contribution in [0.5, 0.6) is 0 Å². The second-order valence-corrected chi connectivity index (χ2v) is 5.35. The van der Waals surface area contributed by atoms with Gasteiger partial charge in [0.2, 0.25) is 0 Å². The molecule has 0 aromatic heterocycles. The summed E-state index contributed by atoms with van der Waals surface area (Å²) >= 11 is 0. The second kappa shape index (κ2) is 4.40. The number of nitrogens with one attached hydrogen (secondary N) is 1. The molecular weight excluding hydrogens is 186 g/mol. The molecule has 3 saturated heterocycles. The van der Waals surface area contributed by atoms with Crippen molar-refractivity contribution in [1.82, 2.24) is 15.1 Å². The third-order valence-electron chi connectivity index (χ3n) is 4.33. The molecule has 3 heterocycles. The Hall–Kier alpha value is -0.120. The van der Waals surface area contributed by atoms with Gasteiger partial charge in [-0.1, -0.05) is 0 Å². The summed E-state index contributed by atoms with van der Waals surface area (Å²) in [7, 11) is 0. The molecule has 0 aliphatic carbocycles. The molecule has 0 amide bonds. The Kier molecular flexibility index (Phi) is 2.95. The zero-order valence-electron chi connectivity index (χ0n) is 9.62. The molecular formula is C12H23N3. The van der Waals surface area contributed by atoms with Crippen molar-refractivity contribution in [2.75, 3.05) is 39.3 Å². The van der Waals surface area contributed by atoms with Crippen molar-refractivity contribution in [1.29, 1.82) is 0 Å². The Balaban J connectivity index is 1.44. The van der Waals surface area contributed by atoms with Crippen LogP contribution in [0.1, 0.15) is 25.7 Å². The van der Waals surface area contributed by atoms with Gasteiger partial charge in [-0.25, -0.2) is 0 Å². The van der Waals surface area contributed by atoms with Crippen LogP contribution < -0.4 is 5.32 Å². The van der Waals surface area contributed by atoms with E-state index in [1.165, 1.54) is 65.0 Å². The zero-order chi connectivity index (χ0) is 10.1. The van der Waals surface area contributed by atoms with E-state index in [2.05, 4.69) is 15.1 Å². The lowest BCUT2D eigenvalue weighted by molar-refractivity contribution is 0.00802. The summed E-state index contributed by atoms with van der Waals surface area (Å²) in [4.78, 5) is 5.39. The van der Waals surface area contributed by atoms with Crippen LogP contribution in [0.25, 0.3) is 0 Å². The second-order valence-electron chi connectivity index (χ2n) is 5.35. The average molecular weight is 209 g/mol. The number of likely N-dealkylation sites (tertiary alicyclic amines) is 2. The van der Waals surface area contributed by atoms with E-state index in [1.807, 2.05) is 0 Å². The normalized spacial score (nSPS) is 35.6. The minimum Gasteiger partial charge on any atom is -0.315 e. The highest BCUT2D eigenvalue weighted by Gasteiger charge is 2.36. The highest BCUT2D eigenvalue weighted by molar-refractivity contribution is 4.94.